The highest BCUT2D eigenvalue weighted by Crippen LogP contribution is 2.33. The molecule has 1 unspecified atom stereocenters. The number of anilines is 1. The van der Waals surface area contributed by atoms with Crippen LogP contribution < -0.4 is 5.32 Å². The summed E-state index contributed by atoms with van der Waals surface area (Å²) in [5.41, 5.74) is -1.73. The van der Waals surface area contributed by atoms with Crippen molar-refractivity contribution in [2.75, 3.05) is 25.5 Å². The van der Waals surface area contributed by atoms with Crippen molar-refractivity contribution in [2.45, 2.75) is 18.6 Å². The van der Waals surface area contributed by atoms with E-state index < -0.39 is 22.5 Å². The fraction of sp³-hybridized carbons (Fsp3) is 0.545. The molecular formula is C11H13F3N4O2. The number of pyridine rings is 1. The van der Waals surface area contributed by atoms with Gasteiger partial charge >= 0.3 is 11.9 Å². The van der Waals surface area contributed by atoms with E-state index in [1.54, 1.807) is 0 Å². The van der Waals surface area contributed by atoms with Gasteiger partial charge in [0.15, 0.2) is 0 Å². The second-order valence-corrected chi connectivity index (χ2v) is 4.73. The van der Waals surface area contributed by atoms with Gasteiger partial charge in [-0.15, -0.1) is 0 Å². The van der Waals surface area contributed by atoms with Crippen LogP contribution in [0.1, 0.15) is 12.1 Å². The molecule has 1 atom stereocenters. The molecule has 1 aliphatic heterocycles. The van der Waals surface area contributed by atoms with Gasteiger partial charge in [0, 0.05) is 12.6 Å². The van der Waals surface area contributed by atoms with E-state index in [9.17, 15) is 23.3 Å². The van der Waals surface area contributed by atoms with Gasteiger partial charge in [-0.3, -0.25) is 10.1 Å². The fourth-order valence-electron chi connectivity index (χ4n) is 2.14. The Morgan fingerprint density at radius 2 is 2.25 bits per heavy atom. The minimum Gasteiger partial charge on any atom is -0.375 e. The van der Waals surface area contributed by atoms with Crippen LogP contribution in [-0.4, -0.2) is 41.0 Å². The molecule has 0 bridgehead atoms. The van der Waals surface area contributed by atoms with Gasteiger partial charge in [-0.05, 0) is 26.1 Å². The van der Waals surface area contributed by atoms with E-state index in [-0.39, 0.29) is 11.7 Å². The second-order valence-electron chi connectivity index (χ2n) is 4.73. The van der Waals surface area contributed by atoms with Gasteiger partial charge in [0.1, 0.15) is 17.6 Å². The molecule has 0 amide bonds. The lowest BCUT2D eigenvalue weighted by Crippen LogP contribution is -2.24. The third-order valence-electron chi connectivity index (χ3n) is 3.12. The lowest BCUT2D eigenvalue weighted by molar-refractivity contribution is -0.384. The molecule has 6 nitrogen and oxygen atoms in total. The number of halogens is 3. The first-order valence-electron chi connectivity index (χ1n) is 5.94. The smallest absolute Gasteiger partial charge is 0.375 e. The maximum Gasteiger partial charge on any atom is 0.433 e. The van der Waals surface area contributed by atoms with E-state index in [1.165, 1.54) is 0 Å². The number of nitrogens with zero attached hydrogens (tertiary/aromatic N) is 3. The molecule has 1 aromatic heterocycles. The van der Waals surface area contributed by atoms with Crippen LogP contribution in [0, 0.1) is 10.1 Å². The molecule has 110 valence electrons. The summed E-state index contributed by atoms with van der Waals surface area (Å²) in [5, 5.41) is 13.7. The van der Waals surface area contributed by atoms with Crippen molar-refractivity contribution in [3.8, 4) is 0 Å². The molecular weight excluding hydrogens is 277 g/mol. The van der Waals surface area contributed by atoms with Gasteiger partial charge in [0.2, 0.25) is 0 Å². The summed E-state index contributed by atoms with van der Waals surface area (Å²) >= 11 is 0. The summed E-state index contributed by atoms with van der Waals surface area (Å²) in [6.45, 7) is 1.42. The average molecular weight is 290 g/mol. The predicted molar refractivity (Wildman–Crippen MR) is 65.4 cm³/mol. The summed E-state index contributed by atoms with van der Waals surface area (Å²) < 4.78 is 37.8. The van der Waals surface area contributed by atoms with Crippen LogP contribution in [0.3, 0.4) is 0 Å². The maximum absolute atomic E-state index is 12.6. The maximum atomic E-state index is 12.6. The predicted octanol–water partition coefficient (Wildman–Crippen LogP) is 2.12. The van der Waals surface area contributed by atoms with Gasteiger partial charge in [-0.25, -0.2) is 4.98 Å². The Bertz CT molecular complexity index is 521. The van der Waals surface area contributed by atoms with Gasteiger partial charge in [-0.2, -0.15) is 13.2 Å². The number of hydrogen-bond acceptors (Lipinski definition) is 5. The standard InChI is InChI=1S/C11H13F3N4O2/c1-17-3-2-7(6-17)16-8-4-10(11(12,13)14)15-5-9(8)18(19)20/h4-5,7H,2-3,6H2,1H3,(H,15,16). The normalized spacial score (nSPS) is 20.1. The van der Waals surface area contributed by atoms with Crippen LogP contribution in [-0.2, 0) is 6.18 Å². The summed E-state index contributed by atoms with van der Waals surface area (Å²) in [6, 6.07) is 0.582. The highest BCUT2D eigenvalue weighted by Gasteiger charge is 2.35. The zero-order valence-corrected chi connectivity index (χ0v) is 10.6. The van der Waals surface area contributed by atoms with Gasteiger partial charge in [0.25, 0.3) is 0 Å². The number of alkyl halides is 3. The molecule has 0 spiro atoms. The zero-order valence-electron chi connectivity index (χ0n) is 10.6. The van der Waals surface area contributed by atoms with E-state index in [0.29, 0.717) is 18.8 Å². The molecule has 0 aromatic carbocycles. The zero-order chi connectivity index (χ0) is 14.9. The molecule has 1 N–H and O–H groups in total. The molecule has 9 heteroatoms. The number of nitrogens with one attached hydrogen (secondary N) is 1. The number of rotatable bonds is 3. The summed E-state index contributed by atoms with van der Waals surface area (Å²) in [6.07, 6.45) is -3.26. The molecule has 2 heterocycles. The van der Waals surface area contributed by atoms with E-state index in [2.05, 4.69) is 10.3 Å². The van der Waals surface area contributed by atoms with E-state index in [0.717, 1.165) is 13.0 Å². The Labute approximate surface area is 112 Å². The Hall–Kier alpha value is -1.90. The molecule has 1 saturated heterocycles. The van der Waals surface area contributed by atoms with Crippen LogP contribution in [0.2, 0.25) is 0 Å². The van der Waals surface area contributed by atoms with Crippen LogP contribution in [0.25, 0.3) is 0 Å². The Morgan fingerprint density at radius 1 is 1.55 bits per heavy atom. The van der Waals surface area contributed by atoms with Crippen molar-refractivity contribution >= 4 is 11.4 Å². The SMILES string of the molecule is CN1CCC(Nc2cc(C(F)(F)F)ncc2[N+](=O)[O-])C1. The molecule has 1 aliphatic rings. The van der Waals surface area contributed by atoms with Crippen molar-refractivity contribution in [2.24, 2.45) is 0 Å². The molecule has 1 fully saturated rings. The van der Waals surface area contributed by atoms with Crippen molar-refractivity contribution in [3.05, 3.63) is 28.1 Å². The van der Waals surface area contributed by atoms with E-state index in [1.807, 2.05) is 11.9 Å². The van der Waals surface area contributed by atoms with Gasteiger partial charge in [-0.1, -0.05) is 0 Å². The number of likely N-dealkylation sites (N-methyl/N-ethyl adjacent to an activating group) is 1. The molecule has 0 radical (unpaired) electrons. The van der Waals surface area contributed by atoms with Crippen molar-refractivity contribution in [1.29, 1.82) is 0 Å². The van der Waals surface area contributed by atoms with Crippen LogP contribution in [0.15, 0.2) is 12.3 Å². The highest BCUT2D eigenvalue weighted by molar-refractivity contribution is 5.61. The van der Waals surface area contributed by atoms with E-state index >= 15 is 0 Å². The quantitative estimate of drug-likeness (QED) is 0.682. The van der Waals surface area contributed by atoms with Crippen molar-refractivity contribution < 1.29 is 18.1 Å². The number of aromatic nitrogens is 1. The summed E-state index contributed by atoms with van der Waals surface area (Å²) in [7, 11) is 1.88. The number of nitro groups is 1. The lowest BCUT2D eigenvalue weighted by Gasteiger charge is -2.15. The third-order valence-corrected chi connectivity index (χ3v) is 3.12. The Kier molecular flexibility index (Phi) is 3.80. The molecule has 0 saturated carbocycles. The highest BCUT2D eigenvalue weighted by atomic mass is 19.4. The summed E-state index contributed by atoms with van der Waals surface area (Å²) in [5.74, 6) is 0. The third kappa shape index (κ3) is 3.16. The first-order valence-corrected chi connectivity index (χ1v) is 5.94. The monoisotopic (exact) mass is 290 g/mol. The summed E-state index contributed by atoms with van der Waals surface area (Å²) in [4.78, 5) is 15.2. The lowest BCUT2D eigenvalue weighted by atomic mass is 10.2. The first-order chi connectivity index (χ1) is 9.27. The number of hydrogen-bond donors (Lipinski definition) is 1. The molecule has 0 aliphatic carbocycles. The van der Waals surface area contributed by atoms with Crippen LogP contribution in [0.5, 0.6) is 0 Å². The van der Waals surface area contributed by atoms with E-state index in [4.69, 9.17) is 0 Å². The largest absolute Gasteiger partial charge is 0.433 e. The molecule has 1 aromatic rings. The topological polar surface area (TPSA) is 71.3 Å². The fourth-order valence-corrected chi connectivity index (χ4v) is 2.14. The minimum atomic E-state index is -4.63. The van der Waals surface area contributed by atoms with Crippen LogP contribution in [0.4, 0.5) is 24.5 Å². The van der Waals surface area contributed by atoms with Crippen molar-refractivity contribution in [1.82, 2.24) is 9.88 Å². The van der Waals surface area contributed by atoms with Crippen molar-refractivity contribution in [3.63, 3.8) is 0 Å². The van der Waals surface area contributed by atoms with Crippen LogP contribution >= 0.6 is 0 Å². The Morgan fingerprint density at radius 3 is 2.75 bits per heavy atom. The average Bonchev–Trinajstić information content (AvgIpc) is 2.73. The minimum absolute atomic E-state index is 0.109. The molecule has 20 heavy (non-hydrogen) atoms. The number of likely N-dealkylation sites (tertiary alicyclic amines) is 1. The Balaban J connectivity index is 2.30. The molecule has 2 rings (SSSR count). The second kappa shape index (κ2) is 5.23. The van der Waals surface area contributed by atoms with Gasteiger partial charge in [0.05, 0.1) is 4.92 Å². The van der Waals surface area contributed by atoms with Gasteiger partial charge < -0.3 is 10.2 Å². The first kappa shape index (κ1) is 14.5.